The van der Waals surface area contributed by atoms with Gasteiger partial charge in [-0.15, -0.1) is 0 Å². The Kier molecular flexibility index (Phi) is 7.34. The summed E-state index contributed by atoms with van der Waals surface area (Å²) in [5, 5.41) is 14.6. The first-order valence-corrected chi connectivity index (χ1v) is 13.7. The van der Waals surface area contributed by atoms with Crippen LogP contribution in [0.2, 0.25) is 0 Å². The average molecular weight is 739 g/mol. The Morgan fingerprint density at radius 1 is 0.921 bits per heavy atom. The summed E-state index contributed by atoms with van der Waals surface area (Å²) in [5.74, 6) is -0.0625. The standard InChI is InChI=1S/C27H15N2Se.C5H8O2.Ir/c1-2-9-18(10-3-1)29-21-13-6-12-20-24(21)25-22(29)14-7-15-23(25)30-27-19-11-5-4-8-17(19)16-28-26(20)27;1-4(6)3-5(2)7;/h1-11,13-16H;3,6H,1-2H3;/q-1;;/b;4-3-;. The number of hydrogen-bond donors (Lipinski definition) is 1. The third-order valence-electron chi connectivity index (χ3n) is 6.34. The number of para-hydroxylation sites is 1. The van der Waals surface area contributed by atoms with Crippen molar-refractivity contribution in [1.29, 1.82) is 0 Å². The van der Waals surface area contributed by atoms with Crippen molar-refractivity contribution in [3.8, 4) is 5.69 Å². The van der Waals surface area contributed by atoms with Crippen LogP contribution in [-0.4, -0.2) is 34.9 Å². The summed E-state index contributed by atoms with van der Waals surface area (Å²) in [6.45, 7) is 2.85. The van der Waals surface area contributed by atoms with Crippen LogP contribution in [0.4, 0.5) is 0 Å². The summed E-state index contributed by atoms with van der Waals surface area (Å²) in [6, 6.07) is 33.8. The van der Waals surface area contributed by atoms with Crippen LogP contribution in [0.25, 0.3) is 57.7 Å². The van der Waals surface area contributed by atoms with Crippen LogP contribution < -0.4 is 0 Å². The van der Waals surface area contributed by atoms with E-state index in [9.17, 15) is 4.79 Å². The van der Waals surface area contributed by atoms with E-state index in [0.717, 1.165) is 10.9 Å². The van der Waals surface area contributed by atoms with Crippen molar-refractivity contribution in [2.45, 2.75) is 13.8 Å². The van der Waals surface area contributed by atoms with Gasteiger partial charge in [0.1, 0.15) is 0 Å². The monoisotopic (exact) mass is 740 g/mol. The molecule has 1 radical (unpaired) electrons. The van der Waals surface area contributed by atoms with Crippen LogP contribution in [-0.2, 0) is 24.9 Å². The van der Waals surface area contributed by atoms with Gasteiger partial charge in [-0.05, 0) is 13.8 Å². The summed E-state index contributed by atoms with van der Waals surface area (Å²) in [7, 11) is 0. The zero-order valence-corrected chi connectivity index (χ0v) is 24.8. The van der Waals surface area contributed by atoms with Crippen molar-refractivity contribution in [3.05, 3.63) is 109 Å². The Hall–Kier alpha value is -3.53. The Morgan fingerprint density at radius 3 is 2.39 bits per heavy atom. The summed E-state index contributed by atoms with van der Waals surface area (Å²) >= 11 is 0.158. The Labute approximate surface area is 239 Å². The predicted octanol–water partition coefficient (Wildman–Crippen LogP) is 7.53. The zero-order chi connectivity index (χ0) is 25.5. The molecule has 0 aliphatic heterocycles. The number of aliphatic hydroxyl groups excluding tert-OH is 1. The third kappa shape index (κ3) is 4.51. The molecule has 3 aromatic heterocycles. The van der Waals surface area contributed by atoms with Crippen molar-refractivity contribution in [3.63, 3.8) is 0 Å². The fourth-order valence-electron chi connectivity index (χ4n) is 4.96. The molecule has 1 N–H and O–H groups in total. The van der Waals surface area contributed by atoms with E-state index in [1.54, 1.807) is 0 Å². The van der Waals surface area contributed by atoms with Crippen molar-refractivity contribution >= 4 is 72.3 Å². The molecule has 7 rings (SSSR count). The zero-order valence-electron chi connectivity index (χ0n) is 20.7. The topological polar surface area (TPSA) is 55.1 Å². The van der Waals surface area contributed by atoms with E-state index < -0.39 is 0 Å². The van der Waals surface area contributed by atoms with Gasteiger partial charge in [0.25, 0.3) is 0 Å². The van der Waals surface area contributed by atoms with Crippen LogP contribution in [0.1, 0.15) is 13.8 Å². The Bertz CT molecular complexity index is 1980. The molecule has 0 amide bonds. The number of aromatic nitrogens is 2. The fraction of sp³-hybridized carbons (Fsp3) is 0.0625. The summed E-state index contributed by atoms with van der Waals surface area (Å²) in [6.07, 6.45) is 3.18. The maximum absolute atomic E-state index is 10.0. The van der Waals surface area contributed by atoms with E-state index in [2.05, 4.69) is 95.6 Å². The van der Waals surface area contributed by atoms with Crippen LogP contribution in [0, 0.1) is 6.07 Å². The van der Waals surface area contributed by atoms with Crippen LogP contribution in [0.3, 0.4) is 0 Å². The molecule has 0 saturated carbocycles. The van der Waals surface area contributed by atoms with Crippen molar-refractivity contribution < 1.29 is 30.0 Å². The quantitative estimate of drug-likeness (QED) is 0.0865. The van der Waals surface area contributed by atoms with Crippen LogP contribution in [0.5, 0.6) is 0 Å². The number of aliphatic hydroxyl groups is 1. The van der Waals surface area contributed by atoms with Gasteiger partial charge in [-0.2, -0.15) is 0 Å². The van der Waals surface area contributed by atoms with Gasteiger partial charge in [-0.1, -0.05) is 0 Å². The molecule has 0 aliphatic carbocycles. The molecule has 0 aliphatic rings. The van der Waals surface area contributed by atoms with Crippen LogP contribution in [0.15, 0.2) is 103 Å². The van der Waals surface area contributed by atoms with Gasteiger partial charge in [0.05, 0.1) is 5.76 Å². The normalized spacial score (nSPS) is 11.6. The van der Waals surface area contributed by atoms with Gasteiger partial charge in [0, 0.05) is 26.2 Å². The van der Waals surface area contributed by atoms with E-state index in [0.29, 0.717) is 0 Å². The summed E-state index contributed by atoms with van der Waals surface area (Å²) in [4.78, 5) is 15.0. The number of nitrogens with zero attached hydrogens (tertiary/aromatic N) is 2. The second kappa shape index (κ2) is 10.7. The number of benzene rings is 4. The predicted molar refractivity (Wildman–Crippen MR) is 154 cm³/mol. The molecule has 3 heterocycles. The number of fused-ring (bicyclic) bond motifs is 4. The minimum absolute atomic E-state index is 0. The summed E-state index contributed by atoms with van der Waals surface area (Å²) in [5.41, 5.74) is 4.75. The molecular weight excluding hydrogens is 716 g/mol. The van der Waals surface area contributed by atoms with Crippen molar-refractivity contribution in [2.75, 3.05) is 0 Å². The molecule has 189 valence electrons. The molecule has 0 spiro atoms. The van der Waals surface area contributed by atoms with Gasteiger partial charge in [0.2, 0.25) is 0 Å². The number of ketones is 1. The van der Waals surface area contributed by atoms with E-state index in [1.807, 2.05) is 6.20 Å². The van der Waals surface area contributed by atoms with E-state index in [1.165, 1.54) is 66.7 Å². The number of allylic oxidation sites excluding steroid dienone is 2. The molecule has 0 atom stereocenters. The minimum atomic E-state index is -0.125. The van der Waals surface area contributed by atoms with Gasteiger partial charge >= 0.3 is 179 Å². The van der Waals surface area contributed by atoms with E-state index in [4.69, 9.17) is 10.1 Å². The average Bonchev–Trinajstić information content (AvgIpc) is 3.16. The SMILES string of the molecule is CC(=O)/C=C(/C)O.[Ir].[c-]1ccc2c3c1c1ncc4ccccc4c1[se]c1cccc(c13)n2-c1ccccc1. The molecule has 4 aromatic carbocycles. The fourth-order valence-corrected chi connectivity index (χ4v) is 7.53. The molecule has 7 aromatic rings. The van der Waals surface area contributed by atoms with E-state index in [-0.39, 0.29) is 46.2 Å². The molecule has 0 saturated heterocycles. The number of carbonyl (C=O) groups is 1. The van der Waals surface area contributed by atoms with Gasteiger partial charge in [-0.25, -0.2) is 0 Å². The van der Waals surface area contributed by atoms with Crippen molar-refractivity contribution in [1.82, 2.24) is 9.55 Å². The van der Waals surface area contributed by atoms with Crippen LogP contribution >= 0.6 is 0 Å². The third-order valence-corrected chi connectivity index (χ3v) is 8.81. The Morgan fingerprint density at radius 2 is 1.66 bits per heavy atom. The molecular formula is C32H23IrN2O2Se-. The first-order valence-electron chi connectivity index (χ1n) is 12.0. The van der Waals surface area contributed by atoms with Gasteiger partial charge < -0.3 is 5.11 Å². The first kappa shape index (κ1) is 26.1. The van der Waals surface area contributed by atoms with E-state index >= 15 is 0 Å². The number of carbonyl (C=O) groups excluding carboxylic acids is 1. The van der Waals surface area contributed by atoms with Crippen molar-refractivity contribution in [2.24, 2.45) is 0 Å². The molecule has 6 heteroatoms. The number of rotatable bonds is 2. The molecule has 0 bridgehead atoms. The molecule has 4 nitrogen and oxygen atoms in total. The number of hydrogen-bond acceptors (Lipinski definition) is 3. The molecule has 0 unspecified atom stereocenters. The Balaban J connectivity index is 0.000000329. The van der Waals surface area contributed by atoms with Gasteiger partial charge in [-0.3, -0.25) is 4.79 Å². The maximum atomic E-state index is 10.0. The molecule has 0 fully saturated rings. The molecule has 38 heavy (non-hydrogen) atoms. The number of pyridine rings is 1. The first-order chi connectivity index (χ1) is 18.0. The summed E-state index contributed by atoms with van der Waals surface area (Å²) < 4.78 is 5.16. The van der Waals surface area contributed by atoms with Gasteiger partial charge in [0.15, 0.2) is 5.78 Å². The second-order valence-corrected chi connectivity index (χ2v) is 11.2. The second-order valence-electron chi connectivity index (χ2n) is 8.96.